The van der Waals surface area contributed by atoms with Gasteiger partial charge in [0.1, 0.15) is 0 Å². The highest BCUT2D eigenvalue weighted by atomic mass is 79.9. The smallest absolute Gasteiger partial charge is 0.338 e. The van der Waals surface area contributed by atoms with Crippen molar-refractivity contribution in [3.8, 4) is 0 Å². The van der Waals surface area contributed by atoms with Crippen LogP contribution in [0.3, 0.4) is 0 Å². The van der Waals surface area contributed by atoms with Crippen LogP contribution in [0.15, 0.2) is 60.7 Å². The molecule has 7 heteroatoms. The first-order chi connectivity index (χ1) is 12.4. The van der Waals surface area contributed by atoms with Crippen LogP contribution >= 0.6 is 15.9 Å². The van der Waals surface area contributed by atoms with Crippen molar-refractivity contribution in [3.05, 3.63) is 71.8 Å². The number of benzene rings is 2. The second-order valence-electron chi connectivity index (χ2n) is 5.63. The zero-order chi connectivity index (χ0) is 19.4. The quantitative estimate of drug-likeness (QED) is 0.384. The van der Waals surface area contributed by atoms with Gasteiger partial charge in [0.15, 0.2) is 5.66 Å². The second kappa shape index (κ2) is 11.4. The molecule has 2 rings (SSSR count). The minimum atomic E-state index is -1.73. The summed E-state index contributed by atoms with van der Waals surface area (Å²) in [6.45, 7) is 0.267. The Morgan fingerprint density at radius 2 is 1.46 bits per heavy atom. The molecule has 0 spiro atoms. The predicted octanol–water partition coefficient (Wildman–Crippen LogP) is 2.96. The molecule has 0 fully saturated rings. The molecule has 0 aromatic heterocycles. The topological polar surface area (TPSA) is 113 Å². The van der Waals surface area contributed by atoms with E-state index in [1.807, 2.05) is 48.5 Å². The van der Waals surface area contributed by atoms with Crippen molar-refractivity contribution in [1.82, 2.24) is 5.32 Å². The molecule has 0 saturated carbocycles. The van der Waals surface area contributed by atoms with E-state index in [-0.39, 0.29) is 19.4 Å². The molecule has 2 aromatic carbocycles. The third kappa shape index (κ3) is 8.24. The van der Waals surface area contributed by atoms with E-state index in [1.54, 1.807) is 0 Å². The number of nitrogens with one attached hydrogen (secondary N) is 1. The number of halogens is 1. The number of nitrogens with two attached hydrogens (primary N) is 1. The van der Waals surface area contributed by atoms with Gasteiger partial charge in [0, 0.05) is 24.7 Å². The molecule has 0 radical (unpaired) electrons. The summed E-state index contributed by atoms with van der Waals surface area (Å²) >= 11 is 3.36. The Hall–Kier alpha value is -2.22. The van der Waals surface area contributed by atoms with E-state index in [4.69, 9.17) is 15.9 Å². The molecule has 0 unspecified atom stereocenters. The molecule has 0 amide bonds. The maximum atomic E-state index is 11.1. The van der Waals surface area contributed by atoms with Gasteiger partial charge in [-0.15, -0.1) is 0 Å². The molecule has 140 valence electrons. The average Bonchev–Trinajstić information content (AvgIpc) is 2.66. The van der Waals surface area contributed by atoms with Crippen molar-refractivity contribution >= 4 is 27.9 Å². The van der Waals surface area contributed by atoms with E-state index in [0.29, 0.717) is 0 Å². The Morgan fingerprint density at radius 1 is 0.962 bits per heavy atom. The molecule has 0 aliphatic heterocycles. The van der Waals surface area contributed by atoms with Crippen LogP contribution in [0, 0.1) is 0 Å². The number of carboxylic acid groups (broad SMARTS) is 2. The van der Waals surface area contributed by atoms with Gasteiger partial charge in [0.25, 0.3) is 0 Å². The largest absolute Gasteiger partial charge is 0.481 e. The molecule has 2 aromatic rings. The number of hydrogen-bond donors (Lipinski definition) is 4. The third-order valence-electron chi connectivity index (χ3n) is 3.56. The van der Waals surface area contributed by atoms with E-state index < -0.39 is 17.6 Å². The van der Waals surface area contributed by atoms with Crippen molar-refractivity contribution in [2.75, 3.05) is 0 Å². The molecular formula is C19H23BrN2O4. The van der Waals surface area contributed by atoms with Crippen LogP contribution in [-0.4, -0.2) is 27.8 Å². The third-order valence-corrected chi connectivity index (χ3v) is 4.21. The Bertz CT molecular complexity index is 682. The van der Waals surface area contributed by atoms with Crippen LogP contribution in [0.5, 0.6) is 0 Å². The molecule has 0 aliphatic carbocycles. The van der Waals surface area contributed by atoms with Gasteiger partial charge >= 0.3 is 11.9 Å². The number of alkyl halides is 1. The summed E-state index contributed by atoms with van der Waals surface area (Å²) < 4.78 is 0. The van der Waals surface area contributed by atoms with Crippen molar-refractivity contribution < 1.29 is 19.8 Å². The zero-order valence-electron chi connectivity index (χ0n) is 14.3. The lowest BCUT2D eigenvalue weighted by Gasteiger charge is -2.25. The summed E-state index contributed by atoms with van der Waals surface area (Å²) in [7, 11) is 0. The van der Waals surface area contributed by atoms with Crippen LogP contribution < -0.4 is 11.1 Å². The summed E-state index contributed by atoms with van der Waals surface area (Å²) in [5.74, 6) is -2.34. The van der Waals surface area contributed by atoms with Gasteiger partial charge in [-0.2, -0.15) is 0 Å². The first-order valence-corrected chi connectivity index (χ1v) is 9.12. The summed E-state index contributed by atoms with van der Waals surface area (Å²) in [4.78, 5) is 21.5. The maximum Gasteiger partial charge on any atom is 0.338 e. The molecule has 0 aliphatic rings. The molecular weight excluding hydrogens is 400 g/mol. The van der Waals surface area contributed by atoms with E-state index in [0.717, 1.165) is 10.9 Å². The number of carboxylic acids is 2. The van der Waals surface area contributed by atoms with Crippen LogP contribution in [0.2, 0.25) is 0 Å². The maximum absolute atomic E-state index is 11.1. The van der Waals surface area contributed by atoms with E-state index in [9.17, 15) is 9.59 Å². The van der Waals surface area contributed by atoms with Gasteiger partial charge in [-0.25, -0.2) is 4.79 Å². The number of aliphatic carboxylic acids is 2. The van der Waals surface area contributed by atoms with Crippen molar-refractivity contribution in [2.45, 2.75) is 30.4 Å². The van der Waals surface area contributed by atoms with Crippen LogP contribution in [0.4, 0.5) is 0 Å². The molecule has 0 saturated heterocycles. The number of carbonyl (C=O) groups is 2. The van der Waals surface area contributed by atoms with E-state index >= 15 is 0 Å². The van der Waals surface area contributed by atoms with Gasteiger partial charge < -0.3 is 15.9 Å². The van der Waals surface area contributed by atoms with Crippen molar-refractivity contribution in [1.29, 1.82) is 0 Å². The molecule has 1 atom stereocenters. The molecule has 6 nitrogen and oxygen atoms in total. The summed E-state index contributed by atoms with van der Waals surface area (Å²) in [6.07, 6.45) is -0.477. The minimum Gasteiger partial charge on any atom is -0.481 e. The highest BCUT2D eigenvalue weighted by Crippen LogP contribution is 2.09. The molecule has 0 heterocycles. The average molecular weight is 423 g/mol. The molecule has 26 heavy (non-hydrogen) atoms. The first-order valence-electron chi connectivity index (χ1n) is 8.00. The lowest BCUT2D eigenvalue weighted by Crippen LogP contribution is -2.59. The summed E-state index contributed by atoms with van der Waals surface area (Å²) in [5.41, 5.74) is 6.14. The fourth-order valence-electron chi connectivity index (χ4n) is 2.00. The van der Waals surface area contributed by atoms with Gasteiger partial charge in [-0.3, -0.25) is 10.1 Å². The number of rotatable bonds is 8. The fourth-order valence-corrected chi connectivity index (χ4v) is 2.37. The monoisotopic (exact) mass is 422 g/mol. The lowest BCUT2D eigenvalue weighted by molar-refractivity contribution is -0.146. The Morgan fingerprint density at radius 3 is 1.85 bits per heavy atom. The second-order valence-corrected chi connectivity index (χ2v) is 6.19. The normalized spacial score (nSPS) is 12.4. The zero-order valence-corrected chi connectivity index (χ0v) is 15.9. The van der Waals surface area contributed by atoms with Crippen molar-refractivity contribution in [2.24, 2.45) is 5.73 Å². The molecule has 5 N–H and O–H groups in total. The predicted molar refractivity (Wildman–Crippen MR) is 104 cm³/mol. The number of hydrogen-bond acceptors (Lipinski definition) is 4. The van der Waals surface area contributed by atoms with Gasteiger partial charge in [-0.1, -0.05) is 76.6 Å². The van der Waals surface area contributed by atoms with Crippen molar-refractivity contribution in [3.63, 3.8) is 0 Å². The standard InChI is InChI=1S/C12H16N2O4.C7H7Br/c13-12(11(17)18,7-6-10(15)16)14-8-9-4-2-1-3-5-9;8-6-7-4-2-1-3-5-7/h1-5,14H,6-8,13H2,(H,15,16)(H,17,18);1-5H,6H2/t12-;/m1./s1. The highest BCUT2D eigenvalue weighted by Gasteiger charge is 2.33. The van der Waals surface area contributed by atoms with Crippen LogP contribution in [-0.2, 0) is 21.5 Å². The Kier molecular flexibility index (Phi) is 9.57. The highest BCUT2D eigenvalue weighted by molar-refractivity contribution is 9.08. The van der Waals surface area contributed by atoms with Crippen LogP contribution in [0.1, 0.15) is 24.0 Å². The van der Waals surface area contributed by atoms with Crippen LogP contribution in [0.25, 0.3) is 0 Å². The summed E-state index contributed by atoms with van der Waals surface area (Å²) in [5, 5.41) is 21.2. The van der Waals surface area contributed by atoms with Gasteiger partial charge in [0.2, 0.25) is 0 Å². The van der Waals surface area contributed by atoms with E-state index in [2.05, 4.69) is 33.4 Å². The van der Waals surface area contributed by atoms with Gasteiger partial charge in [-0.05, 0) is 11.1 Å². The minimum absolute atomic E-state index is 0.176. The van der Waals surface area contributed by atoms with E-state index in [1.165, 1.54) is 5.56 Å². The molecule has 0 bridgehead atoms. The Labute approximate surface area is 161 Å². The fraction of sp³-hybridized carbons (Fsp3) is 0.263. The van der Waals surface area contributed by atoms with Gasteiger partial charge in [0.05, 0.1) is 0 Å². The lowest BCUT2D eigenvalue weighted by atomic mass is 10.0. The first kappa shape index (κ1) is 21.8. The Balaban J connectivity index is 0.000000350. The SMILES string of the molecule is BrCc1ccccc1.N[C@](CCC(=O)O)(NCc1ccccc1)C(=O)O. The summed E-state index contributed by atoms with van der Waals surface area (Å²) in [6, 6.07) is 19.4.